The Balaban J connectivity index is 2.23. The molecule has 0 aliphatic carbocycles. The van der Waals surface area contributed by atoms with E-state index < -0.39 is 23.1 Å². The molecule has 1 spiro atoms. The van der Waals surface area contributed by atoms with Gasteiger partial charge in [-0.2, -0.15) is 0 Å². The van der Waals surface area contributed by atoms with E-state index in [1.807, 2.05) is 0 Å². The molecule has 0 fully saturated rings. The molecule has 0 atom stereocenters. The Kier molecular flexibility index (Phi) is 10.8. The number of fused-ring (bicyclic) bond motifs is 2. The second kappa shape index (κ2) is 12.2. The Morgan fingerprint density at radius 2 is 0.610 bits per heavy atom. The van der Waals surface area contributed by atoms with Crippen molar-refractivity contribution in [2.75, 3.05) is 37.0 Å². The first-order chi connectivity index (χ1) is 19.1. The summed E-state index contributed by atoms with van der Waals surface area (Å²) in [6.45, 7) is 12.7. The fraction of sp³-hybridized carbons (Fsp3) is 0.500. The maximum atomic E-state index is 7.51. The Hall–Kier alpha value is 2.48. The van der Waals surface area contributed by atoms with Crippen LogP contribution in [0.5, 0.6) is 23.0 Å². The summed E-state index contributed by atoms with van der Waals surface area (Å²) >= 11 is 29.6. The van der Waals surface area contributed by atoms with Crippen molar-refractivity contribution < 1.29 is 26.1 Å². The van der Waals surface area contributed by atoms with Crippen LogP contribution in [-0.4, -0.2) is 45.1 Å². The van der Waals surface area contributed by atoms with Crippen LogP contribution in [0.15, 0.2) is 35.8 Å². The fourth-order valence-electron chi connectivity index (χ4n) is 5.19. The van der Waals surface area contributed by atoms with Crippen LogP contribution >= 0.6 is 142 Å². The molecule has 0 saturated carbocycles. The van der Waals surface area contributed by atoms with E-state index in [4.69, 9.17) is 26.1 Å². The molecule has 0 N–H and O–H groups in total. The monoisotopic (exact) mass is 1140 g/mol. The van der Waals surface area contributed by atoms with Crippen molar-refractivity contribution in [2.24, 2.45) is 0 Å². The SMILES string of the molecule is CC[P+](CC)(CC)O[Si-2]12(O[P+](CC)(CC)CC)(Oc3c(Br)c(Br)c(Br)c(Br)c3O1)Oc1c(Br)c(Br)c(Br)c(Br)c1O2. The zero-order valence-electron chi connectivity index (χ0n) is 23.1. The zero-order valence-corrected chi connectivity index (χ0v) is 38.6. The minimum absolute atomic E-state index is 0.359. The van der Waals surface area contributed by atoms with Crippen molar-refractivity contribution in [1.29, 1.82) is 0 Å². The van der Waals surface area contributed by atoms with Gasteiger partial charge in [-0.15, -0.1) is 0 Å². The molecule has 2 aromatic carbocycles. The molecule has 41 heavy (non-hydrogen) atoms. The molecule has 0 aromatic heterocycles. The fourth-order valence-corrected chi connectivity index (χ4v) is 26.6. The molecule has 2 aliphatic rings. The van der Waals surface area contributed by atoms with Gasteiger partial charge in [0.1, 0.15) is 0 Å². The average molecular weight is 1140 g/mol. The molecule has 2 aliphatic heterocycles. The van der Waals surface area contributed by atoms with Gasteiger partial charge in [-0.05, 0) is 0 Å². The topological polar surface area (TPSA) is 55.4 Å². The first-order valence-corrected chi connectivity index (χ1v) is 26.4. The van der Waals surface area contributed by atoms with Gasteiger partial charge in [0.15, 0.2) is 0 Å². The van der Waals surface area contributed by atoms with Crippen molar-refractivity contribution in [2.45, 2.75) is 41.5 Å². The molecular weight excluding hydrogens is 1110 g/mol. The molecule has 0 amide bonds. The first kappa shape index (κ1) is 36.3. The molecule has 232 valence electrons. The third-order valence-electron chi connectivity index (χ3n) is 7.83. The summed E-state index contributed by atoms with van der Waals surface area (Å²) in [4.78, 5) is 0. The van der Waals surface area contributed by atoms with Crippen LogP contribution in [-0.2, 0) is 8.43 Å². The van der Waals surface area contributed by atoms with E-state index in [1.165, 1.54) is 0 Å². The molecule has 4 rings (SSSR count). The van der Waals surface area contributed by atoms with Gasteiger partial charge in [-0.3, -0.25) is 0 Å². The van der Waals surface area contributed by atoms with Crippen LogP contribution in [0.2, 0.25) is 0 Å². The maximum absolute atomic E-state index is 7.51. The van der Waals surface area contributed by atoms with Gasteiger partial charge in [-0.1, -0.05) is 0 Å². The van der Waals surface area contributed by atoms with E-state index in [0.717, 1.165) is 54.9 Å². The molecule has 0 unspecified atom stereocenters. The standard InChI is InChI=1S/C24H30Br8O6P2Si/c1-7-39(8-2,9-3)37-41(38-40(10-4,11-5)12-6,33-21-17(29)13(25)14(26)18(30)22(21)34-41)35-23-19(31)15(27)16(28)20(32)24(23)36-41/h7-12H2,1-6H3. The number of halogens is 8. The Morgan fingerprint density at radius 1 is 0.415 bits per heavy atom. The van der Waals surface area contributed by atoms with E-state index >= 15 is 0 Å². The summed E-state index contributed by atoms with van der Waals surface area (Å²) in [5, 5.41) is 0. The molecule has 6 nitrogen and oxygen atoms in total. The van der Waals surface area contributed by atoms with Crippen LogP contribution in [0, 0.1) is 0 Å². The molecule has 17 heteroatoms. The first-order valence-electron chi connectivity index (χ1n) is 13.1. The summed E-state index contributed by atoms with van der Waals surface area (Å²) in [5.41, 5.74) is 0. The van der Waals surface area contributed by atoms with E-state index in [0.29, 0.717) is 40.9 Å². The minimum atomic E-state index is -6.58. The Morgan fingerprint density at radius 3 is 0.780 bits per heavy atom. The molecule has 0 bridgehead atoms. The van der Waals surface area contributed by atoms with Gasteiger partial charge in [0, 0.05) is 0 Å². The van der Waals surface area contributed by atoms with Crippen molar-refractivity contribution in [3.63, 3.8) is 0 Å². The summed E-state index contributed by atoms with van der Waals surface area (Å²) in [5.74, 6) is 1.43. The van der Waals surface area contributed by atoms with E-state index in [9.17, 15) is 0 Å². The molecular formula is C24H30Br8O6P2Si. The normalized spacial score (nSPS) is 19.6. The predicted molar refractivity (Wildman–Crippen MR) is 202 cm³/mol. The quantitative estimate of drug-likeness (QED) is 0.102. The predicted octanol–water partition coefficient (Wildman–Crippen LogP) is 13.4. The van der Waals surface area contributed by atoms with Gasteiger partial charge in [0.05, 0.1) is 0 Å². The molecule has 0 radical (unpaired) electrons. The zero-order chi connectivity index (χ0) is 30.8. The summed E-state index contributed by atoms with van der Waals surface area (Å²) in [6.07, 6.45) is 4.45. The van der Waals surface area contributed by atoms with E-state index in [1.54, 1.807) is 0 Å². The summed E-state index contributed by atoms with van der Waals surface area (Å²) in [7, 11) is -11.2. The van der Waals surface area contributed by atoms with E-state index in [-0.39, 0.29) is 0 Å². The van der Waals surface area contributed by atoms with Crippen molar-refractivity contribution in [1.82, 2.24) is 0 Å². The van der Waals surface area contributed by atoms with Crippen molar-refractivity contribution >= 4 is 151 Å². The number of benzene rings is 2. The molecule has 2 heterocycles. The third kappa shape index (κ3) is 5.50. The van der Waals surface area contributed by atoms with Gasteiger partial charge in [-0.25, -0.2) is 0 Å². The number of hydrogen-bond acceptors (Lipinski definition) is 6. The van der Waals surface area contributed by atoms with Crippen LogP contribution in [0.4, 0.5) is 0 Å². The second-order valence-electron chi connectivity index (χ2n) is 9.68. The third-order valence-corrected chi connectivity index (χ3v) is 32.7. The van der Waals surface area contributed by atoms with Crippen LogP contribution in [0.25, 0.3) is 0 Å². The number of rotatable bonds is 10. The second-order valence-corrected chi connectivity index (χ2v) is 28.8. The van der Waals surface area contributed by atoms with Crippen LogP contribution in [0.1, 0.15) is 41.5 Å². The van der Waals surface area contributed by atoms with Gasteiger partial charge in [0.2, 0.25) is 0 Å². The van der Waals surface area contributed by atoms with Crippen molar-refractivity contribution in [3.8, 4) is 23.0 Å². The van der Waals surface area contributed by atoms with Crippen LogP contribution < -0.4 is 17.7 Å². The summed E-state index contributed by atoms with van der Waals surface area (Å²) < 4.78 is 49.0. The van der Waals surface area contributed by atoms with Crippen LogP contribution in [0.3, 0.4) is 0 Å². The summed E-state index contributed by atoms with van der Waals surface area (Å²) in [6, 6.07) is 0. The Labute approximate surface area is 310 Å². The molecule has 2 aromatic rings. The average Bonchev–Trinajstić information content (AvgIpc) is 3.46. The van der Waals surface area contributed by atoms with Gasteiger partial charge in [0.25, 0.3) is 0 Å². The number of hydrogen-bond donors (Lipinski definition) is 0. The van der Waals surface area contributed by atoms with E-state index in [2.05, 4.69) is 169 Å². The Bertz CT molecular complexity index is 1230. The van der Waals surface area contributed by atoms with Crippen molar-refractivity contribution in [3.05, 3.63) is 35.8 Å². The molecule has 0 saturated heterocycles. The van der Waals surface area contributed by atoms with Gasteiger partial charge < -0.3 is 0 Å². The van der Waals surface area contributed by atoms with Gasteiger partial charge >= 0.3 is 314 Å².